The van der Waals surface area contributed by atoms with E-state index in [1.54, 1.807) is 13.2 Å². The highest BCUT2D eigenvalue weighted by Gasteiger charge is 2.12. The van der Waals surface area contributed by atoms with Crippen molar-refractivity contribution in [3.05, 3.63) is 28.8 Å². The lowest BCUT2D eigenvalue weighted by Crippen LogP contribution is -2.06. The lowest BCUT2D eigenvalue weighted by molar-refractivity contribution is 0.406. The molecule has 0 amide bonds. The van der Waals surface area contributed by atoms with Crippen LogP contribution in [0.25, 0.3) is 0 Å². The van der Waals surface area contributed by atoms with Crippen LogP contribution in [-0.4, -0.2) is 22.4 Å². The van der Waals surface area contributed by atoms with Crippen molar-refractivity contribution in [1.29, 1.82) is 0 Å². The van der Waals surface area contributed by atoms with E-state index >= 15 is 0 Å². The number of phenolic OH excluding ortho intramolecular Hbond substituents is 1. The number of methoxy groups -OCH3 is 1. The lowest BCUT2D eigenvalue weighted by Gasteiger charge is -2.15. The van der Waals surface area contributed by atoms with Crippen LogP contribution in [0.5, 0.6) is 11.5 Å². The molecule has 2 N–H and O–H groups in total. The maximum absolute atomic E-state index is 9.92. The molecule has 0 aliphatic carbocycles. The average molecular weight is 265 g/mol. The molecule has 2 rings (SSSR count). The normalized spacial score (nSPS) is 12.2. The van der Waals surface area contributed by atoms with Gasteiger partial charge in [-0.1, -0.05) is 11.3 Å². The summed E-state index contributed by atoms with van der Waals surface area (Å²) in [5, 5.41) is 22.7. The van der Waals surface area contributed by atoms with Gasteiger partial charge in [-0.3, -0.25) is 0 Å². The molecular formula is C12H15N3O2S. The van der Waals surface area contributed by atoms with Crippen LogP contribution in [0.4, 0.5) is 5.13 Å². The second-order valence-corrected chi connectivity index (χ2v) is 5.10. The number of rotatable bonds is 4. The van der Waals surface area contributed by atoms with Gasteiger partial charge in [0.05, 0.1) is 13.2 Å². The van der Waals surface area contributed by atoms with Gasteiger partial charge in [-0.25, -0.2) is 0 Å². The van der Waals surface area contributed by atoms with Gasteiger partial charge in [-0.2, -0.15) is 0 Å². The van der Waals surface area contributed by atoms with Crippen LogP contribution < -0.4 is 10.1 Å². The Labute approximate surface area is 109 Å². The van der Waals surface area contributed by atoms with Gasteiger partial charge in [-0.15, -0.1) is 10.2 Å². The van der Waals surface area contributed by atoms with Crippen molar-refractivity contribution < 1.29 is 9.84 Å². The van der Waals surface area contributed by atoms with Crippen molar-refractivity contribution in [2.75, 3.05) is 12.4 Å². The third kappa shape index (κ3) is 2.70. The van der Waals surface area contributed by atoms with E-state index in [1.807, 2.05) is 26.0 Å². The second kappa shape index (κ2) is 5.22. The highest BCUT2D eigenvalue weighted by molar-refractivity contribution is 7.15. The Bertz CT molecular complexity index is 542. The number of anilines is 1. The molecule has 1 heterocycles. The number of hydrogen-bond donors (Lipinski definition) is 2. The van der Waals surface area contributed by atoms with Crippen LogP contribution in [0, 0.1) is 6.92 Å². The molecule has 18 heavy (non-hydrogen) atoms. The minimum atomic E-state index is -0.0525. The molecule has 0 aliphatic heterocycles. The predicted octanol–water partition coefficient (Wildman–Crippen LogP) is 2.73. The topological polar surface area (TPSA) is 67.3 Å². The monoisotopic (exact) mass is 265 g/mol. The van der Waals surface area contributed by atoms with E-state index in [2.05, 4.69) is 15.5 Å². The summed E-state index contributed by atoms with van der Waals surface area (Å²) in [5.74, 6) is 0.839. The van der Waals surface area contributed by atoms with Crippen molar-refractivity contribution >= 4 is 16.5 Å². The number of benzene rings is 1. The Morgan fingerprint density at radius 1 is 1.39 bits per heavy atom. The molecule has 1 unspecified atom stereocenters. The van der Waals surface area contributed by atoms with Gasteiger partial charge in [-0.05, 0) is 26.0 Å². The van der Waals surface area contributed by atoms with Crippen LogP contribution in [0.2, 0.25) is 0 Å². The molecule has 0 fully saturated rings. The summed E-state index contributed by atoms with van der Waals surface area (Å²) < 4.78 is 5.05. The van der Waals surface area contributed by atoms with Crippen molar-refractivity contribution in [2.45, 2.75) is 19.9 Å². The van der Waals surface area contributed by atoms with Gasteiger partial charge in [0.2, 0.25) is 5.13 Å². The van der Waals surface area contributed by atoms with Gasteiger partial charge in [0.1, 0.15) is 16.5 Å². The molecule has 6 heteroatoms. The van der Waals surface area contributed by atoms with E-state index in [0.717, 1.165) is 15.7 Å². The summed E-state index contributed by atoms with van der Waals surface area (Å²) in [5.41, 5.74) is 0.795. The number of phenols is 1. The Kier molecular flexibility index (Phi) is 3.66. The number of ether oxygens (including phenoxy) is 1. The quantitative estimate of drug-likeness (QED) is 0.889. The Balaban J connectivity index is 2.15. The first kappa shape index (κ1) is 12.6. The van der Waals surface area contributed by atoms with E-state index < -0.39 is 0 Å². The first-order valence-electron chi connectivity index (χ1n) is 5.53. The molecule has 1 atom stereocenters. The lowest BCUT2D eigenvalue weighted by atomic mass is 10.1. The van der Waals surface area contributed by atoms with Crippen molar-refractivity contribution in [3.63, 3.8) is 0 Å². The molecule has 0 saturated heterocycles. The fourth-order valence-electron chi connectivity index (χ4n) is 1.63. The van der Waals surface area contributed by atoms with E-state index in [4.69, 9.17) is 4.74 Å². The number of aromatic nitrogens is 2. The zero-order chi connectivity index (χ0) is 13.1. The third-order valence-corrected chi connectivity index (χ3v) is 3.34. The number of aromatic hydroxyl groups is 1. The molecular weight excluding hydrogens is 250 g/mol. The predicted molar refractivity (Wildman–Crippen MR) is 71.3 cm³/mol. The fourth-order valence-corrected chi connectivity index (χ4v) is 2.31. The molecule has 0 bridgehead atoms. The summed E-state index contributed by atoms with van der Waals surface area (Å²) in [6, 6.07) is 5.19. The molecule has 0 saturated carbocycles. The summed E-state index contributed by atoms with van der Waals surface area (Å²) >= 11 is 1.48. The van der Waals surface area contributed by atoms with Crippen molar-refractivity contribution in [1.82, 2.24) is 10.2 Å². The Hall–Kier alpha value is -1.82. The van der Waals surface area contributed by atoms with E-state index in [-0.39, 0.29) is 11.8 Å². The fraction of sp³-hybridized carbons (Fsp3) is 0.333. The van der Waals surface area contributed by atoms with Crippen LogP contribution in [0.15, 0.2) is 18.2 Å². The molecule has 96 valence electrons. The minimum Gasteiger partial charge on any atom is -0.507 e. The van der Waals surface area contributed by atoms with Crippen molar-refractivity contribution in [3.8, 4) is 11.5 Å². The molecule has 0 radical (unpaired) electrons. The maximum Gasteiger partial charge on any atom is 0.206 e. The van der Waals surface area contributed by atoms with Crippen molar-refractivity contribution in [2.24, 2.45) is 0 Å². The molecule has 0 aliphatic rings. The Morgan fingerprint density at radius 3 is 2.72 bits per heavy atom. The first-order valence-corrected chi connectivity index (χ1v) is 6.35. The standard InChI is InChI=1S/C12H15N3O2S/c1-7(13-12-15-14-8(2)18-12)10-5-4-9(17-3)6-11(10)16/h4-7,16H,1-3H3,(H,13,15). The second-order valence-electron chi connectivity index (χ2n) is 3.92. The van der Waals surface area contributed by atoms with Crippen LogP contribution >= 0.6 is 11.3 Å². The maximum atomic E-state index is 9.92. The van der Waals surface area contributed by atoms with Crippen LogP contribution in [-0.2, 0) is 0 Å². The van der Waals surface area contributed by atoms with Gasteiger partial charge in [0, 0.05) is 11.6 Å². The van der Waals surface area contributed by atoms with Crippen LogP contribution in [0.1, 0.15) is 23.5 Å². The van der Waals surface area contributed by atoms with Gasteiger partial charge < -0.3 is 15.2 Å². The molecule has 2 aromatic rings. The smallest absolute Gasteiger partial charge is 0.206 e. The van der Waals surface area contributed by atoms with Gasteiger partial charge >= 0.3 is 0 Å². The molecule has 1 aromatic carbocycles. The summed E-state index contributed by atoms with van der Waals surface area (Å²) in [4.78, 5) is 0. The van der Waals surface area contributed by atoms with E-state index in [9.17, 15) is 5.11 Å². The van der Waals surface area contributed by atoms with Gasteiger partial charge in [0.15, 0.2) is 0 Å². The summed E-state index contributed by atoms with van der Waals surface area (Å²) in [6.07, 6.45) is 0. The number of nitrogens with zero attached hydrogens (tertiary/aromatic N) is 2. The average Bonchev–Trinajstić information content (AvgIpc) is 2.74. The number of hydrogen-bond acceptors (Lipinski definition) is 6. The number of aryl methyl sites for hydroxylation is 1. The van der Waals surface area contributed by atoms with Gasteiger partial charge in [0.25, 0.3) is 0 Å². The molecule has 1 aromatic heterocycles. The molecule has 0 spiro atoms. The SMILES string of the molecule is COc1ccc(C(C)Nc2nnc(C)s2)c(O)c1. The number of nitrogens with one attached hydrogen (secondary N) is 1. The third-order valence-electron chi connectivity index (χ3n) is 2.57. The highest BCUT2D eigenvalue weighted by atomic mass is 32.1. The van der Waals surface area contributed by atoms with E-state index in [0.29, 0.717) is 5.75 Å². The largest absolute Gasteiger partial charge is 0.507 e. The molecule has 5 nitrogen and oxygen atoms in total. The first-order chi connectivity index (χ1) is 8.60. The van der Waals surface area contributed by atoms with Crippen LogP contribution in [0.3, 0.4) is 0 Å². The highest BCUT2D eigenvalue weighted by Crippen LogP contribution is 2.30. The zero-order valence-electron chi connectivity index (χ0n) is 10.5. The van der Waals surface area contributed by atoms with E-state index in [1.165, 1.54) is 11.3 Å². The minimum absolute atomic E-state index is 0.0525. The summed E-state index contributed by atoms with van der Waals surface area (Å²) in [6.45, 7) is 3.86. The Morgan fingerprint density at radius 2 is 2.17 bits per heavy atom. The summed E-state index contributed by atoms with van der Waals surface area (Å²) in [7, 11) is 1.57. The zero-order valence-corrected chi connectivity index (χ0v) is 11.3.